The number of methoxy groups -OCH3 is 2. The summed E-state index contributed by atoms with van der Waals surface area (Å²) in [5, 5.41) is 22.5. The van der Waals surface area contributed by atoms with Gasteiger partial charge in [-0.25, -0.2) is 0 Å². The third-order valence-corrected chi connectivity index (χ3v) is 6.00. The molecule has 0 aliphatic heterocycles. The van der Waals surface area contributed by atoms with E-state index in [1.54, 1.807) is 0 Å². The van der Waals surface area contributed by atoms with Crippen LogP contribution in [0, 0.1) is 3.57 Å². The van der Waals surface area contributed by atoms with Gasteiger partial charge in [-0.1, -0.05) is 0 Å². The molecule has 0 radical (unpaired) electrons. The molecule has 1 aromatic rings. The standard InChI is InChI=1S/C22H26F3IN2O8/c1-34-10-18(31)28(11-22(23,24)25)15-7-13(21(33)27-3-4-29)8-16(19(15)32)36-20-14(26)5-12(9-30)6-17(20)35-2/h5-6,8-9,15-16,19,29,32H,3-4,7,10-11H2,1-2H3,(H,27,33)/t15-,16+,19+/m1/s1. The highest BCUT2D eigenvalue weighted by molar-refractivity contribution is 14.1. The molecule has 2 rings (SSSR count). The van der Waals surface area contributed by atoms with Crippen LogP contribution in [-0.4, -0.2) is 98.2 Å². The summed E-state index contributed by atoms with van der Waals surface area (Å²) in [5.74, 6) is -1.57. The Bertz CT molecular complexity index is 989. The number of aliphatic hydroxyl groups excluding tert-OH is 2. The molecule has 0 aromatic heterocycles. The zero-order valence-electron chi connectivity index (χ0n) is 19.4. The molecule has 0 saturated carbocycles. The Labute approximate surface area is 218 Å². The highest BCUT2D eigenvalue weighted by Crippen LogP contribution is 2.37. The van der Waals surface area contributed by atoms with E-state index in [1.807, 2.05) is 22.6 Å². The van der Waals surface area contributed by atoms with Crippen molar-refractivity contribution in [3.05, 3.63) is 32.9 Å². The van der Waals surface area contributed by atoms with Gasteiger partial charge in [-0.15, -0.1) is 0 Å². The first-order valence-corrected chi connectivity index (χ1v) is 11.7. The lowest BCUT2D eigenvalue weighted by molar-refractivity contribution is -0.174. The number of amides is 2. The Hall–Kier alpha value is -2.43. The van der Waals surface area contributed by atoms with Crippen molar-refractivity contribution in [2.24, 2.45) is 0 Å². The smallest absolute Gasteiger partial charge is 0.406 e. The number of aliphatic hydroxyl groups is 2. The van der Waals surface area contributed by atoms with Crippen molar-refractivity contribution in [1.29, 1.82) is 0 Å². The van der Waals surface area contributed by atoms with Crippen LogP contribution < -0.4 is 14.8 Å². The zero-order chi connectivity index (χ0) is 27.0. The van der Waals surface area contributed by atoms with Crippen molar-refractivity contribution < 1.29 is 52.0 Å². The molecule has 36 heavy (non-hydrogen) atoms. The number of rotatable bonds is 11. The van der Waals surface area contributed by atoms with Gasteiger partial charge < -0.3 is 34.6 Å². The van der Waals surface area contributed by atoms with Crippen molar-refractivity contribution in [3.63, 3.8) is 0 Å². The molecule has 0 bridgehead atoms. The summed E-state index contributed by atoms with van der Waals surface area (Å²) in [7, 11) is 2.45. The molecule has 0 fully saturated rings. The molecule has 1 aliphatic rings. The second-order valence-corrected chi connectivity index (χ2v) is 8.90. The lowest BCUT2D eigenvalue weighted by Gasteiger charge is -2.40. The molecule has 3 N–H and O–H groups in total. The topological polar surface area (TPSA) is 135 Å². The average Bonchev–Trinajstić information content (AvgIpc) is 2.82. The zero-order valence-corrected chi connectivity index (χ0v) is 21.5. The summed E-state index contributed by atoms with van der Waals surface area (Å²) in [4.78, 5) is 36.8. The van der Waals surface area contributed by atoms with Gasteiger partial charge in [-0.3, -0.25) is 14.4 Å². The molecule has 10 nitrogen and oxygen atoms in total. The highest BCUT2D eigenvalue weighted by Gasteiger charge is 2.44. The number of hydrogen-bond donors (Lipinski definition) is 3. The van der Waals surface area contributed by atoms with Gasteiger partial charge in [0.1, 0.15) is 31.6 Å². The van der Waals surface area contributed by atoms with Crippen molar-refractivity contribution in [2.45, 2.75) is 30.8 Å². The fourth-order valence-electron chi connectivity index (χ4n) is 3.63. The number of hydrogen-bond acceptors (Lipinski definition) is 8. The monoisotopic (exact) mass is 630 g/mol. The number of halogens is 4. The predicted octanol–water partition coefficient (Wildman–Crippen LogP) is 1.07. The molecule has 1 aromatic carbocycles. The summed E-state index contributed by atoms with van der Waals surface area (Å²) in [5.41, 5.74) is 0.214. The lowest BCUT2D eigenvalue weighted by atomic mass is 9.88. The highest BCUT2D eigenvalue weighted by atomic mass is 127. The Morgan fingerprint density at radius 3 is 2.56 bits per heavy atom. The quantitative estimate of drug-likeness (QED) is 0.244. The summed E-state index contributed by atoms with van der Waals surface area (Å²) in [6.07, 6.45) is -6.46. The Morgan fingerprint density at radius 2 is 2.00 bits per heavy atom. The second-order valence-electron chi connectivity index (χ2n) is 7.74. The number of aldehydes is 1. The van der Waals surface area contributed by atoms with Gasteiger partial charge in [0.05, 0.1) is 23.3 Å². The van der Waals surface area contributed by atoms with Crippen LogP contribution in [0.15, 0.2) is 23.8 Å². The summed E-state index contributed by atoms with van der Waals surface area (Å²) in [6.45, 7) is -2.87. The van der Waals surface area contributed by atoms with Crippen LogP contribution in [-0.2, 0) is 14.3 Å². The number of ether oxygens (including phenoxy) is 3. The molecule has 0 spiro atoms. The van der Waals surface area contributed by atoms with E-state index in [1.165, 1.54) is 25.3 Å². The average molecular weight is 630 g/mol. The number of nitrogens with zero attached hydrogens (tertiary/aromatic N) is 1. The molecular weight excluding hydrogens is 604 g/mol. The van der Waals surface area contributed by atoms with Gasteiger partial charge >= 0.3 is 6.18 Å². The molecule has 3 atom stereocenters. The summed E-state index contributed by atoms with van der Waals surface area (Å²) in [6, 6.07) is 1.33. The number of carbonyl (C=O) groups is 3. The molecule has 0 unspecified atom stereocenters. The van der Waals surface area contributed by atoms with E-state index in [9.17, 15) is 32.7 Å². The Balaban J connectivity index is 2.53. The molecule has 0 heterocycles. The number of alkyl halides is 3. The number of nitrogens with one attached hydrogen (secondary N) is 1. The normalized spacial score (nSPS) is 19.8. The first-order valence-electron chi connectivity index (χ1n) is 10.6. The third-order valence-electron chi connectivity index (χ3n) is 5.19. The van der Waals surface area contributed by atoms with Gasteiger partial charge in [0, 0.05) is 31.2 Å². The first-order chi connectivity index (χ1) is 16.9. The van der Waals surface area contributed by atoms with E-state index < -0.39 is 55.8 Å². The molecular formula is C22H26F3IN2O8. The number of benzene rings is 1. The maximum Gasteiger partial charge on any atom is 0.406 e. The predicted molar refractivity (Wildman–Crippen MR) is 128 cm³/mol. The van der Waals surface area contributed by atoms with Crippen LogP contribution in [0.2, 0.25) is 0 Å². The number of carbonyl (C=O) groups excluding carboxylic acids is 3. The van der Waals surface area contributed by atoms with Gasteiger partial charge in [0.2, 0.25) is 11.8 Å². The van der Waals surface area contributed by atoms with Crippen LogP contribution in [0.1, 0.15) is 16.8 Å². The lowest BCUT2D eigenvalue weighted by Crippen LogP contribution is -2.57. The van der Waals surface area contributed by atoms with Crippen molar-refractivity contribution in [2.75, 3.05) is 40.5 Å². The van der Waals surface area contributed by atoms with Gasteiger partial charge in [0.25, 0.3) is 0 Å². The maximum absolute atomic E-state index is 13.4. The fourth-order valence-corrected chi connectivity index (χ4v) is 4.38. The van der Waals surface area contributed by atoms with E-state index in [2.05, 4.69) is 5.32 Å². The largest absolute Gasteiger partial charge is 0.493 e. The van der Waals surface area contributed by atoms with Gasteiger partial charge in [-0.2, -0.15) is 13.2 Å². The molecule has 200 valence electrons. The van der Waals surface area contributed by atoms with Crippen molar-refractivity contribution >= 4 is 40.7 Å². The van der Waals surface area contributed by atoms with Gasteiger partial charge in [0.15, 0.2) is 11.5 Å². The fraction of sp³-hybridized carbons (Fsp3) is 0.500. The van der Waals surface area contributed by atoms with E-state index in [0.29, 0.717) is 14.8 Å². The Kier molecular flexibility index (Phi) is 10.9. The van der Waals surface area contributed by atoms with E-state index in [4.69, 9.17) is 19.3 Å². The summed E-state index contributed by atoms with van der Waals surface area (Å²) < 4.78 is 56.3. The molecule has 0 saturated heterocycles. The minimum Gasteiger partial charge on any atom is -0.493 e. The van der Waals surface area contributed by atoms with Crippen LogP contribution in [0.4, 0.5) is 13.2 Å². The van der Waals surface area contributed by atoms with Crippen LogP contribution in [0.25, 0.3) is 0 Å². The molecule has 1 aliphatic carbocycles. The summed E-state index contributed by atoms with van der Waals surface area (Å²) >= 11 is 1.85. The van der Waals surface area contributed by atoms with Crippen LogP contribution in [0.5, 0.6) is 11.5 Å². The van der Waals surface area contributed by atoms with E-state index in [-0.39, 0.29) is 35.8 Å². The second kappa shape index (κ2) is 13.2. The molecule has 2 amide bonds. The van der Waals surface area contributed by atoms with E-state index in [0.717, 1.165) is 7.11 Å². The minimum atomic E-state index is -4.80. The van der Waals surface area contributed by atoms with Gasteiger partial charge in [-0.05, 0) is 40.8 Å². The minimum absolute atomic E-state index is 0.0559. The molecule has 14 heteroatoms. The van der Waals surface area contributed by atoms with Crippen molar-refractivity contribution in [3.8, 4) is 11.5 Å². The van der Waals surface area contributed by atoms with Crippen molar-refractivity contribution in [1.82, 2.24) is 10.2 Å². The van der Waals surface area contributed by atoms with Crippen LogP contribution >= 0.6 is 22.6 Å². The Morgan fingerprint density at radius 1 is 1.31 bits per heavy atom. The van der Waals surface area contributed by atoms with Crippen LogP contribution in [0.3, 0.4) is 0 Å². The maximum atomic E-state index is 13.4. The first kappa shape index (κ1) is 29.8. The van der Waals surface area contributed by atoms with E-state index >= 15 is 0 Å². The third kappa shape index (κ3) is 7.78. The SMILES string of the molecule is COCC(=O)N(CC(F)(F)F)[C@@H]1CC(C(=O)NCCO)=C[C@H](Oc2c(I)cc(C=O)cc2OC)[C@H]1O.